The average molecular weight is 531 g/mol. The SMILES string of the molecule is C=CC(=O)Nc1cc(C(=O)NC2CCN(C)CC2)ccc1Nc1ncc2cc(C)nc(NCC(C)(C)C)c2n1. The van der Waals surface area contributed by atoms with Crippen LogP contribution in [0.2, 0.25) is 0 Å². The number of rotatable bonds is 8. The number of aromatic nitrogens is 3. The van der Waals surface area contributed by atoms with E-state index in [2.05, 4.69) is 70.5 Å². The Morgan fingerprint density at radius 3 is 2.56 bits per heavy atom. The van der Waals surface area contributed by atoms with Crippen LogP contribution < -0.4 is 21.3 Å². The predicted octanol–water partition coefficient (Wildman–Crippen LogP) is 4.48. The normalized spacial score (nSPS) is 14.6. The molecule has 10 heteroatoms. The number of hydrogen-bond acceptors (Lipinski definition) is 8. The van der Waals surface area contributed by atoms with Gasteiger partial charge in [0, 0.05) is 35.4 Å². The highest BCUT2D eigenvalue weighted by atomic mass is 16.2. The number of likely N-dealkylation sites (tertiary alicyclic amines) is 1. The van der Waals surface area contributed by atoms with Crippen LogP contribution in [0.4, 0.5) is 23.1 Å². The van der Waals surface area contributed by atoms with Crippen LogP contribution in [0.3, 0.4) is 0 Å². The predicted molar refractivity (Wildman–Crippen MR) is 157 cm³/mol. The van der Waals surface area contributed by atoms with Gasteiger partial charge in [-0.2, -0.15) is 0 Å². The van der Waals surface area contributed by atoms with Gasteiger partial charge in [-0.15, -0.1) is 0 Å². The molecule has 4 rings (SSSR count). The quantitative estimate of drug-likeness (QED) is 0.314. The molecule has 0 spiro atoms. The highest BCUT2D eigenvalue weighted by Gasteiger charge is 2.20. The lowest BCUT2D eigenvalue weighted by atomic mass is 9.97. The third kappa shape index (κ3) is 7.51. The Morgan fingerprint density at radius 1 is 1.13 bits per heavy atom. The molecule has 0 radical (unpaired) electrons. The minimum absolute atomic E-state index is 0.0610. The van der Waals surface area contributed by atoms with Crippen molar-refractivity contribution in [2.75, 3.05) is 42.6 Å². The van der Waals surface area contributed by atoms with Crippen molar-refractivity contribution >= 4 is 45.9 Å². The number of amides is 2. The molecule has 39 heavy (non-hydrogen) atoms. The van der Waals surface area contributed by atoms with Gasteiger partial charge in [0.05, 0.1) is 11.4 Å². The molecule has 1 saturated heterocycles. The highest BCUT2D eigenvalue weighted by Crippen LogP contribution is 2.28. The Kier molecular flexibility index (Phi) is 8.44. The number of fused-ring (bicyclic) bond motifs is 1. The first-order chi connectivity index (χ1) is 18.5. The lowest BCUT2D eigenvalue weighted by Crippen LogP contribution is -2.43. The van der Waals surface area contributed by atoms with Crippen LogP contribution in [0.15, 0.2) is 43.1 Å². The number of carbonyl (C=O) groups excluding carboxylic acids is 2. The van der Waals surface area contributed by atoms with E-state index >= 15 is 0 Å². The Labute approximate surface area is 229 Å². The van der Waals surface area contributed by atoms with Gasteiger partial charge in [0.2, 0.25) is 11.9 Å². The maximum atomic E-state index is 13.0. The minimum atomic E-state index is -0.390. The maximum absolute atomic E-state index is 13.0. The van der Waals surface area contributed by atoms with E-state index in [4.69, 9.17) is 4.98 Å². The van der Waals surface area contributed by atoms with E-state index in [-0.39, 0.29) is 17.4 Å². The number of benzene rings is 1. The molecule has 1 aliphatic heterocycles. The molecule has 0 unspecified atom stereocenters. The van der Waals surface area contributed by atoms with Gasteiger partial charge in [0.25, 0.3) is 5.91 Å². The summed E-state index contributed by atoms with van der Waals surface area (Å²) < 4.78 is 0. The van der Waals surface area contributed by atoms with Crippen molar-refractivity contribution in [2.45, 2.75) is 46.6 Å². The Balaban J connectivity index is 1.60. The smallest absolute Gasteiger partial charge is 0.251 e. The van der Waals surface area contributed by atoms with E-state index in [1.807, 2.05) is 13.0 Å². The van der Waals surface area contributed by atoms with Crippen LogP contribution in [0, 0.1) is 12.3 Å². The monoisotopic (exact) mass is 530 g/mol. The molecule has 0 atom stereocenters. The van der Waals surface area contributed by atoms with E-state index in [1.54, 1.807) is 24.4 Å². The fraction of sp³-hybridized carbons (Fsp3) is 0.414. The zero-order chi connectivity index (χ0) is 28.2. The van der Waals surface area contributed by atoms with Gasteiger partial charge < -0.3 is 26.2 Å². The summed E-state index contributed by atoms with van der Waals surface area (Å²) in [5.41, 5.74) is 3.04. The zero-order valence-corrected chi connectivity index (χ0v) is 23.4. The second kappa shape index (κ2) is 11.8. The Bertz CT molecular complexity index is 1370. The molecule has 1 aliphatic rings. The summed E-state index contributed by atoms with van der Waals surface area (Å²) in [5, 5.41) is 13.4. The van der Waals surface area contributed by atoms with Crippen LogP contribution in [0.1, 0.15) is 49.7 Å². The Morgan fingerprint density at radius 2 is 1.87 bits per heavy atom. The first-order valence-electron chi connectivity index (χ1n) is 13.2. The molecule has 2 amide bonds. The van der Waals surface area contributed by atoms with E-state index in [9.17, 15) is 9.59 Å². The van der Waals surface area contributed by atoms with Crippen LogP contribution in [-0.2, 0) is 4.79 Å². The number of piperidine rings is 1. The van der Waals surface area contributed by atoms with Crippen molar-refractivity contribution in [1.82, 2.24) is 25.2 Å². The van der Waals surface area contributed by atoms with Crippen LogP contribution in [-0.4, -0.2) is 64.4 Å². The number of anilines is 4. The van der Waals surface area contributed by atoms with Crippen molar-refractivity contribution in [3.63, 3.8) is 0 Å². The van der Waals surface area contributed by atoms with E-state index in [1.165, 1.54) is 6.08 Å². The van der Waals surface area contributed by atoms with Crippen LogP contribution in [0.5, 0.6) is 0 Å². The molecule has 0 bridgehead atoms. The fourth-order valence-corrected chi connectivity index (χ4v) is 4.33. The van der Waals surface area contributed by atoms with Crippen LogP contribution in [0.25, 0.3) is 10.9 Å². The fourth-order valence-electron chi connectivity index (χ4n) is 4.33. The lowest BCUT2D eigenvalue weighted by Gasteiger charge is -2.29. The molecule has 0 saturated carbocycles. The Hall–Kier alpha value is -4.05. The molecule has 3 aromatic rings. The van der Waals surface area contributed by atoms with Crippen molar-refractivity contribution in [3.05, 3.63) is 54.4 Å². The third-order valence-electron chi connectivity index (χ3n) is 6.51. The molecule has 206 valence electrons. The third-order valence-corrected chi connectivity index (χ3v) is 6.51. The van der Waals surface area contributed by atoms with Crippen molar-refractivity contribution < 1.29 is 9.59 Å². The highest BCUT2D eigenvalue weighted by molar-refractivity contribution is 6.03. The standard InChI is InChI=1S/C29H38N8O2/c1-7-24(38)34-23-15-19(27(39)33-21-10-12-37(6)13-11-21)8-9-22(23)35-28-30-16-20-14-18(2)32-26(25(20)36-28)31-17-29(3,4)5/h7-9,14-16,21H,1,10-13,17H2,2-6H3,(H,31,32)(H,33,39)(H,34,38)(H,30,35,36). The average Bonchev–Trinajstić information content (AvgIpc) is 2.89. The summed E-state index contributed by atoms with van der Waals surface area (Å²) in [7, 11) is 2.08. The van der Waals surface area contributed by atoms with Crippen molar-refractivity contribution in [2.24, 2.45) is 5.41 Å². The summed E-state index contributed by atoms with van der Waals surface area (Å²) in [5.74, 6) is 0.456. The second-order valence-electron chi connectivity index (χ2n) is 11.3. The molecule has 10 nitrogen and oxygen atoms in total. The zero-order valence-electron chi connectivity index (χ0n) is 23.4. The largest absolute Gasteiger partial charge is 0.368 e. The molecule has 3 heterocycles. The van der Waals surface area contributed by atoms with Gasteiger partial charge in [-0.3, -0.25) is 9.59 Å². The molecule has 2 aromatic heterocycles. The molecule has 1 fully saturated rings. The number of nitrogens with zero attached hydrogens (tertiary/aromatic N) is 4. The van der Waals surface area contributed by atoms with E-state index < -0.39 is 5.91 Å². The van der Waals surface area contributed by atoms with Crippen molar-refractivity contribution in [1.29, 1.82) is 0 Å². The number of nitrogens with one attached hydrogen (secondary N) is 4. The molecule has 0 aliphatic carbocycles. The van der Waals surface area contributed by atoms with Gasteiger partial charge in [-0.05, 0) is 75.7 Å². The summed E-state index contributed by atoms with van der Waals surface area (Å²) >= 11 is 0. The topological polar surface area (TPSA) is 124 Å². The molecule has 1 aromatic carbocycles. The summed E-state index contributed by atoms with van der Waals surface area (Å²) in [6, 6.07) is 7.17. The van der Waals surface area contributed by atoms with Gasteiger partial charge in [0.1, 0.15) is 5.52 Å². The number of aryl methyl sites for hydroxylation is 1. The van der Waals surface area contributed by atoms with E-state index in [0.29, 0.717) is 34.2 Å². The summed E-state index contributed by atoms with van der Waals surface area (Å²) in [4.78, 5) is 41.3. The summed E-state index contributed by atoms with van der Waals surface area (Å²) in [6.45, 7) is 14.5. The van der Waals surface area contributed by atoms with Gasteiger partial charge in [0.15, 0.2) is 5.82 Å². The van der Waals surface area contributed by atoms with Crippen LogP contribution >= 0.6 is 0 Å². The second-order valence-corrected chi connectivity index (χ2v) is 11.3. The van der Waals surface area contributed by atoms with Crippen molar-refractivity contribution in [3.8, 4) is 0 Å². The van der Waals surface area contributed by atoms with Gasteiger partial charge in [-0.1, -0.05) is 27.4 Å². The maximum Gasteiger partial charge on any atom is 0.251 e. The van der Waals surface area contributed by atoms with Gasteiger partial charge >= 0.3 is 0 Å². The number of carbonyl (C=O) groups is 2. The molecule has 4 N–H and O–H groups in total. The number of hydrogen-bond donors (Lipinski definition) is 4. The van der Waals surface area contributed by atoms with E-state index in [0.717, 1.165) is 43.6 Å². The first kappa shape index (κ1) is 28.0. The summed E-state index contributed by atoms with van der Waals surface area (Å²) in [6.07, 6.45) is 4.74. The first-order valence-corrected chi connectivity index (χ1v) is 13.2. The molecular weight excluding hydrogens is 492 g/mol. The number of pyridine rings is 1. The minimum Gasteiger partial charge on any atom is -0.368 e. The molecular formula is C29H38N8O2. The lowest BCUT2D eigenvalue weighted by molar-refractivity contribution is -0.111. The van der Waals surface area contributed by atoms with Gasteiger partial charge in [-0.25, -0.2) is 15.0 Å².